The highest BCUT2D eigenvalue weighted by molar-refractivity contribution is 7.09. The molecule has 1 aromatic heterocycles. The molecule has 2 aromatic rings. The van der Waals surface area contributed by atoms with E-state index in [1.807, 2.05) is 26.2 Å². The Hall–Kier alpha value is -3.47. The van der Waals surface area contributed by atoms with Crippen molar-refractivity contribution in [1.82, 2.24) is 26.3 Å². The van der Waals surface area contributed by atoms with Gasteiger partial charge in [0.05, 0.1) is 23.0 Å². The normalized spacial score (nSPS) is 20.9. The molecule has 4 amide bonds. The summed E-state index contributed by atoms with van der Waals surface area (Å²) in [6.07, 6.45) is 1.72. The SMILES string of the molecule is Cc1csc(CCCNC(=O)[C@@H]2CC(=O)N[C@@H](C)C(=O)N[C@@H](CC(C)C)COc3ccccc3C(=O)N2)n1. The molecule has 206 valence electrons. The Morgan fingerprint density at radius 1 is 1.18 bits per heavy atom. The van der Waals surface area contributed by atoms with Gasteiger partial charge in [0.1, 0.15) is 24.4 Å². The lowest BCUT2D eigenvalue weighted by atomic mass is 10.0. The van der Waals surface area contributed by atoms with E-state index in [4.69, 9.17) is 4.74 Å². The molecule has 11 heteroatoms. The Morgan fingerprint density at radius 3 is 2.66 bits per heavy atom. The highest BCUT2D eigenvalue weighted by atomic mass is 32.1. The summed E-state index contributed by atoms with van der Waals surface area (Å²) in [6.45, 7) is 8.10. The molecule has 10 nitrogen and oxygen atoms in total. The molecule has 2 heterocycles. The first kappa shape index (κ1) is 29.1. The van der Waals surface area contributed by atoms with Gasteiger partial charge in [0.2, 0.25) is 17.7 Å². The first-order chi connectivity index (χ1) is 18.1. The number of ether oxygens (including phenoxy) is 1. The van der Waals surface area contributed by atoms with Crippen molar-refractivity contribution in [2.75, 3.05) is 13.2 Å². The number of carbonyl (C=O) groups excluding carboxylic acids is 4. The second-order valence-corrected chi connectivity index (χ2v) is 10.9. The molecule has 0 fully saturated rings. The largest absolute Gasteiger partial charge is 0.491 e. The van der Waals surface area contributed by atoms with Crippen molar-refractivity contribution in [3.8, 4) is 5.75 Å². The predicted molar refractivity (Wildman–Crippen MR) is 145 cm³/mol. The van der Waals surface area contributed by atoms with Crippen LogP contribution in [0.25, 0.3) is 0 Å². The van der Waals surface area contributed by atoms with Crippen LogP contribution in [0.2, 0.25) is 0 Å². The molecule has 0 aliphatic carbocycles. The molecule has 3 atom stereocenters. The number of carbonyl (C=O) groups is 4. The number of amides is 4. The van der Waals surface area contributed by atoms with Crippen LogP contribution in [0.3, 0.4) is 0 Å². The molecule has 0 unspecified atom stereocenters. The van der Waals surface area contributed by atoms with E-state index < -0.39 is 29.8 Å². The van der Waals surface area contributed by atoms with Crippen molar-refractivity contribution >= 4 is 35.0 Å². The lowest BCUT2D eigenvalue weighted by molar-refractivity contribution is -0.131. The van der Waals surface area contributed by atoms with Crippen LogP contribution in [0.4, 0.5) is 0 Å². The average Bonchev–Trinajstić information content (AvgIpc) is 3.28. The van der Waals surface area contributed by atoms with Crippen molar-refractivity contribution in [3.63, 3.8) is 0 Å². The van der Waals surface area contributed by atoms with E-state index in [2.05, 4.69) is 26.3 Å². The number of aryl methyl sites for hydroxylation is 2. The smallest absolute Gasteiger partial charge is 0.255 e. The van der Waals surface area contributed by atoms with Gasteiger partial charge in [-0.25, -0.2) is 4.98 Å². The molecule has 1 aromatic carbocycles. The van der Waals surface area contributed by atoms with Crippen molar-refractivity contribution in [3.05, 3.63) is 45.9 Å². The minimum Gasteiger partial charge on any atom is -0.491 e. The van der Waals surface area contributed by atoms with E-state index in [1.165, 1.54) is 0 Å². The zero-order valence-corrected chi connectivity index (χ0v) is 23.2. The molecule has 1 aliphatic rings. The maximum absolute atomic E-state index is 13.2. The maximum Gasteiger partial charge on any atom is 0.255 e. The molecule has 0 saturated carbocycles. The summed E-state index contributed by atoms with van der Waals surface area (Å²) in [5.74, 6) is -1.25. The Bertz CT molecular complexity index is 1130. The number of fused-ring (bicyclic) bond motifs is 1. The molecule has 38 heavy (non-hydrogen) atoms. The van der Waals surface area contributed by atoms with Crippen LogP contribution in [-0.4, -0.2) is 59.9 Å². The molecule has 0 bridgehead atoms. The molecule has 0 saturated heterocycles. The van der Waals surface area contributed by atoms with Crippen LogP contribution in [-0.2, 0) is 20.8 Å². The lowest BCUT2D eigenvalue weighted by Gasteiger charge is -2.25. The highest BCUT2D eigenvalue weighted by Crippen LogP contribution is 2.20. The van der Waals surface area contributed by atoms with Crippen LogP contribution in [0.1, 0.15) is 61.1 Å². The van der Waals surface area contributed by atoms with Crippen LogP contribution in [0, 0.1) is 12.8 Å². The minimum atomic E-state index is -1.13. The van der Waals surface area contributed by atoms with E-state index in [-0.39, 0.29) is 36.5 Å². The van der Waals surface area contributed by atoms with Crippen LogP contribution in [0.15, 0.2) is 29.6 Å². The zero-order valence-electron chi connectivity index (χ0n) is 22.3. The van der Waals surface area contributed by atoms with E-state index in [1.54, 1.807) is 42.5 Å². The number of para-hydroxylation sites is 1. The van der Waals surface area contributed by atoms with Gasteiger partial charge in [-0.3, -0.25) is 19.2 Å². The summed E-state index contributed by atoms with van der Waals surface area (Å²) in [5.41, 5.74) is 1.20. The first-order valence-corrected chi connectivity index (χ1v) is 13.8. The van der Waals surface area contributed by atoms with Crippen LogP contribution < -0.4 is 26.0 Å². The van der Waals surface area contributed by atoms with Gasteiger partial charge < -0.3 is 26.0 Å². The van der Waals surface area contributed by atoms with E-state index in [9.17, 15) is 19.2 Å². The third kappa shape index (κ3) is 8.83. The fourth-order valence-corrected chi connectivity index (χ4v) is 4.94. The van der Waals surface area contributed by atoms with Crippen LogP contribution >= 0.6 is 11.3 Å². The number of hydrogen-bond acceptors (Lipinski definition) is 7. The second kappa shape index (κ2) is 13.9. The van der Waals surface area contributed by atoms with Gasteiger partial charge in [-0.15, -0.1) is 11.3 Å². The van der Waals surface area contributed by atoms with Crippen molar-refractivity contribution in [2.24, 2.45) is 5.92 Å². The van der Waals surface area contributed by atoms with Gasteiger partial charge in [0.15, 0.2) is 0 Å². The summed E-state index contributed by atoms with van der Waals surface area (Å²) in [5, 5.41) is 14.0. The minimum absolute atomic E-state index is 0.150. The van der Waals surface area contributed by atoms with E-state index in [0.717, 1.165) is 10.7 Å². The van der Waals surface area contributed by atoms with Crippen molar-refractivity contribution in [1.29, 1.82) is 0 Å². The first-order valence-electron chi connectivity index (χ1n) is 12.9. The number of aromatic nitrogens is 1. The molecular formula is C27H37N5O5S. The Labute approximate surface area is 227 Å². The Morgan fingerprint density at radius 2 is 1.95 bits per heavy atom. The number of hydrogen-bond donors (Lipinski definition) is 4. The standard InChI is InChI=1S/C27H37N5O5S/c1-16(2)12-19-14-37-22-9-6-5-8-20(22)26(35)32-21(13-23(33)30-18(4)25(34)31-19)27(36)28-11-7-10-24-29-17(3)15-38-24/h5-6,8-9,15-16,18-19,21H,7,10-14H2,1-4H3,(H,28,36)(H,30,33)(H,31,34)(H,32,35)/t18-,19-,21-/m0/s1. The van der Waals surface area contributed by atoms with Gasteiger partial charge in [0.25, 0.3) is 5.91 Å². The van der Waals surface area contributed by atoms with Gasteiger partial charge in [-0.2, -0.15) is 0 Å². The molecule has 3 rings (SSSR count). The maximum atomic E-state index is 13.2. The summed E-state index contributed by atoms with van der Waals surface area (Å²) < 4.78 is 5.97. The van der Waals surface area contributed by atoms with Gasteiger partial charge in [-0.05, 0) is 44.7 Å². The zero-order chi connectivity index (χ0) is 27.7. The quantitative estimate of drug-likeness (QED) is 0.395. The molecule has 0 spiro atoms. The fraction of sp³-hybridized carbons (Fsp3) is 0.519. The van der Waals surface area contributed by atoms with Gasteiger partial charge >= 0.3 is 0 Å². The summed E-state index contributed by atoms with van der Waals surface area (Å²) in [6, 6.07) is 4.43. The second-order valence-electron chi connectivity index (χ2n) is 9.94. The summed E-state index contributed by atoms with van der Waals surface area (Å²) in [7, 11) is 0. The van der Waals surface area contributed by atoms with Gasteiger partial charge in [0, 0.05) is 24.0 Å². The van der Waals surface area contributed by atoms with Crippen molar-refractivity contribution < 1.29 is 23.9 Å². The molecule has 1 aliphatic heterocycles. The number of nitrogens with zero attached hydrogens (tertiary/aromatic N) is 1. The fourth-order valence-electron chi connectivity index (χ4n) is 4.12. The number of nitrogens with one attached hydrogen (secondary N) is 4. The lowest BCUT2D eigenvalue weighted by Crippen LogP contribution is -2.53. The third-order valence-corrected chi connectivity index (χ3v) is 7.02. The average molecular weight is 544 g/mol. The number of thiazole rings is 1. The monoisotopic (exact) mass is 543 g/mol. The topological polar surface area (TPSA) is 139 Å². The van der Waals surface area contributed by atoms with Gasteiger partial charge in [-0.1, -0.05) is 26.0 Å². The number of rotatable bonds is 7. The van der Waals surface area contributed by atoms with E-state index >= 15 is 0 Å². The van der Waals surface area contributed by atoms with Crippen molar-refractivity contribution in [2.45, 2.75) is 71.5 Å². The summed E-state index contributed by atoms with van der Waals surface area (Å²) >= 11 is 1.57. The predicted octanol–water partition coefficient (Wildman–Crippen LogP) is 2.12. The molecular weight excluding hydrogens is 506 g/mol. The van der Waals surface area contributed by atoms with E-state index in [0.29, 0.717) is 31.6 Å². The third-order valence-electron chi connectivity index (χ3n) is 5.99. The molecule has 0 radical (unpaired) electrons. The Balaban J connectivity index is 1.75. The number of benzene rings is 1. The summed E-state index contributed by atoms with van der Waals surface area (Å²) in [4.78, 5) is 56.2. The highest BCUT2D eigenvalue weighted by Gasteiger charge is 2.28. The molecule has 4 N–H and O–H groups in total. The Kier molecular flexibility index (Phi) is 10.6. The van der Waals surface area contributed by atoms with Crippen LogP contribution in [0.5, 0.6) is 5.75 Å².